The number of rotatable bonds is 6. The van der Waals surface area contributed by atoms with Crippen molar-refractivity contribution in [3.63, 3.8) is 0 Å². The second-order valence-corrected chi connectivity index (χ2v) is 6.65. The summed E-state index contributed by atoms with van der Waals surface area (Å²) in [6.07, 6.45) is 0.729. The fraction of sp³-hybridized carbons (Fsp3) is 0.526. The molecule has 1 N–H and O–H groups in total. The lowest BCUT2D eigenvalue weighted by Crippen LogP contribution is -2.52. The number of benzene rings is 1. The summed E-state index contributed by atoms with van der Waals surface area (Å²) in [6.45, 7) is 4.25. The average Bonchev–Trinajstić information content (AvgIpc) is 3.14. The second kappa shape index (κ2) is 9.22. The third-order valence-electron chi connectivity index (χ3n) is 4.41. The highest BCUT2D eigenvalue weighted by atomic mass is 16.6. The van der Waals surface area contributed by atoms with Crippen molar-refractivity contribution in [3.8, 4) is 0 Å². The van der Waals surface area contributed by atoms with Crippen molar-refractivity contribution in [2.24, 2.45) is 5.92 Å². The normalized spacial score (nSPS) is 17.7. The van der Waals surface area contributed by atoms with E-state index < -0.39 is 24.1 Å². The Labute approximate surface area is 153 Å². The minimum atomic E-state index is -0.740. The van der Waals surface area contributed by atoms with Gasteiger partial charge in [-0.3, -0.25) is 9.69 Å². The number of amides is 2. The monoisotopic (exact) mass is 362 g/mol. The molecule has 7 heteroatoms. The predicted molar refractivity (Wildman–Crippen MR) is 95.1 cm³/mol. The Kier molecular flexibility index (Phi) is 7.00. The fourth-order valence-corrected chi connectivity index (χ4v) is 2.93. The Morgan fingerprint density at radius 3 is 2.54 bits per heavy atom. The topological polar surface area (TPSA) is 84.9 Å². The van der Waals surface area contributed by atoms with Gasteiger partial charge in [0.25, 0.3) is 0 Å². The van der Waals surface area contributed by atoms with Gasteiger partial charge in [-0.2, -0.15) is 0 Å². The number of hydrogen-bond acceptors (Lipinski definition) is 5. The number of nitrogens with one attached hydrogen (secondary N) is 1. The molecule has 1 aliphatic rings. The van der Waals surface area contributed by atoms with E-state index in [4.69, 9.17) is 9.47 Å². The zero-order valence-electron chi connectivity index (χ0n) is 15.4. The van der Waals surface area contributed by atoms with Crippen LogP contribution in [-0.2, 0) is 25.7 Å². The molecule has 1 aliphatic heterocycles. The molecule has 2 rings (SSSR count). The molecule has 1 aromatic carbocycles. The summed E-state index contributed by atoms with van der Waals surface area (Å²) in [5, 5.41) is 2.70. The molecule has 7 nitrogen and oxygen atoms in total. The SMILES string of the molecule is COC(=O)[C@@H](NC(=O)[C@H]1CCCN1C(=O)OCc1ccccc1)C(C)C. The molecule has 0 aliphatic carbocycles. The molecular weight excluding hydrogens is 336 g/mol. The lowest BCUT2D eigenvalue weighted by Gasteiger charge is -2.26. The first-order valence-corrected chi connectivity index (χ1v) is 8.79. The van der Waals surface area contributed by atoms with E-state index in [0.717, 1.165) is 5.56 Å². The van der Waals surface area contributed by atoms with Crippen LogP contribution in [0, 0.1) is 5.92 Å². The van der Waals surface area contributed by atoms with Crippen molar-refractivity contribution in [1.29, 1.82) is 0 Å². The zero-order chi connectivity index (χ0) is 19.1. The Bertz CT molecular complexity index is 632. The summed E-state index contributed by atoms with van der Waals surface area (Å²) in [7, 11) is 1.28. The molecule has 1 fully saturated rings. The Morgan fingerprint density at radius 2 is 1.92 bits per heavy atom. The third-order valence-corrected chi connectivity index (χ3v) is 4.41. The largest absolute Gasteiger partial charge is 0.467 e. The first kappa shape index (κ1) is 19.8. The van der Waals surface area contributed by atoms with Gasteiger partial charge in [-0.25, -0.2) is 9.59 Å². The molecule has 0 saturated carbocycles. The molecular formula is C19H26N2O5. The van der Waals surface area contributed by atoms with Crippen LogP contribution in [0.5, 0.6) is 0 Å². The maximum Gasteiger partial charge on any atom is 0.410 e. The van der Waals surface area contributed by atoms with Crippen molar-refractivity contribution >= 4 is 18.0 Å². The van der Waals surface area contributed by atoms with E-state index in [1.807, 2.05) is 44.2 Å². The first-order valence-electron chi connectivity index (χ1n) is 8.79. The van der Waals surface area contributed by atoms with Gasteiger partial charge >= 0.3 is 12.1 Å². The highest BCUT2D eigenvalue weighted by molar-refractivity contribution is 5.90. The number of carbonyl (C=O) groups excluding carboxylic acids is 3. The Morgan fingerprint density at radius 1 is 1.23 bits per heavy atom. The molecule has 1 saturated heterocycles. The van der Waals surface area contributed by atoms with Crippen LogP contribution in [0.3, 0.4) is 0 Å². The zero-order valence-corrected chi connectivity index (χ0v) is 15.4. The molecule has 0 spiro atoms. The van der Waals surface area contributed by atoms with E-state index in [2.05, 4.69) is 5.32 Å². The van der Waals surface area contributed by atoms with Crippen LogP contribution in [-0.4, -0.2) is 48.6 Å². The van der Waals surface area contributed by atoms with Gasteiger partial charge in [0.15, 0.2) is 0 Å². The minimum absolute atomic E-state index is 0.119. The number of ether oxygens (including phenoxy) is 2. The van der Waals surface area contributed by atoms with Crippen LogP contribution >= 0.6 is 0 Å². The van der Waals surface area contributed by atoms with Crippen LogP contribution in [0.1, 0.15) is 32.3 Å². The molecule has 142 valence electrons. The first-order chi connectivity index (χ1) is 12.4. The Hall–Kier alpha value is -2.57. The number of esters is 1. The molecule has 1 heterocycles. The van der Waals surface area contributed by atoms with Crippen LogP contribution < -0.4 is 5.32 Å². The number of hydrogen-bond donors (Lipinski definition) is 1. The van der Waals surface area contributed by atoms with Crippen molar-refractivity contribution < 1.29 is 23.9 Å². The number of nitrogens with zero attached hydrogens (tertiary/aromatic N) is 1. The van der Waals surface area contributed by atoms with Crippen LogP contribution in [0.4, 0.5) is 4.79 Å². The molecule has 0 bridgehead atoms. The van der Waals surface area contributed by atoms with Crippen LogP contribution in [0.2, 0.25) is 0 Å². The van der Waals surface area contributed by atoms with E-state index in [1.54, 1.807) is 0 Å². The summed E-state index contributed by atoms with van der Waals surface area (Å²) >= 11 is 0. The Balaban J connectivity index is 1.96. The number of methoxy groups -OCH3 is 1. The van der Waals surface area contributed by atoms with Crippen molar-refractivity contribution in [3.05, 3.63) is 35.9 Å². The van der Waals surface area contributed by atoms with E-state index in [1.165, 1.54) is 12.0 Å². The van der Waals surface area contributed by atoms with E-state index in [9.17, 15) is 14.4 Å². The number of carbonyl (C=O) groups is 3. The molecule has 2 atom stereocenters. The summed E-state index contributed by atoms with van der Waals surface area (Å²) < 4.78 is 10.1. The number of likely N-dealkylation sites (tertiary alicyclic amines) is 1. The van der Waals surface area contributed by atoms with Crippen LogP contribution in [0.15, 0.2) is 30.3 Å². The van der Waals surface area contributed by atoms with Gasteiger partial charge in [0.05, 0.1) is 7.11 Å². The summed E-state index contributed by atoms with van der Waals surface area (Å²) in [5.41, 5.74) is 0.881. The molecule has 0 unspecified atom stereocenters. The van der Waals surface area contributed by atoms with Gasteiger partial charge in [-0.1, -0.05) is 44.2 Å². The van der Waals surface area contributed by atoms with Crippen molar-refractivity contribution in [2.45, 2.75) is 45.4 Å². The third kappa shape index (κ3) is 4.97. The lowest BCUT2D eigenvalue weighted by atomic mass is 10.0. The maximum atomic E-state index is 12.6. The van der Waals surface area contributed by atoms with E-state index in [-0.39, 0.29) is 18.4 Å². The van der Waals surface area contributed by atoms with Gasteiger partial charge in [0.1, 0.15) is 18.7 Å². The van der Waals surface area contributed by atoms with E-state index in [0.29, 0.717) is 19.4 Å². The smallest absolute Gasteiger partial charge is 0.410 e. The lowest BCUT2D eigenvalue weighted by molar-refractivity contribution is -0.146. The minimum Gasteiger partial charge on any atom is -0.467 e. The highest BCUT2D eigenvalue weighted by Crippen LogP contribution is 2.20. The summed E-state index contributed by atoms with van der Waals surface area (Å²) in [5.74, 6) is -0.973. The predicted octanol–water partition coefficient (Wildman–Crippen LogP) is 2.10. The molecule has 2 amide bonds. The van der Waals surface area contributed by atoms with Gasteiger partial charge in [0, 0.05) is 6.54 Å². The fourth-order valence-electron chi connectivity index (χ4n) is 2.93. The van der Waals surface area contributed by atoms with Crippen LogP contribution in [0.25, 0.3) is 0 Å². The molecule has 0 aromatic heterocycles. The van der Waals surface area contributed by atoms with Gasteiger partial charge in [-0.05, 0) is 24.3 Å². The van der Waals surface area contributed by atoms with Gasteiger partial charge < -0.3 is 14.8 Å². The average molecular weight is 362 g/mol. The van der Waals surface area contributed by atoms with E-state index >= 15 is 0 Å². The molecule has 1 aromatic rings. The molecule has 0 radical (unpaired) electrons. The highest BCUT2D eigenvalue weighted by Gasteiger charge is 2.37. The summed E-state index contributed by atoms with van der Waals surface area (Å²) in [4.78, 5) is 38.2. The molecule has 26 heavy (non-hydrogen) atoms. The standard InChI is InChI=1S/C19H26N2O5/c1-13(2)16(18(23)25-3)20-17(22)15-10-7-11-21(15)19(24)26-12-14-8-5-4-6-9-14/h4-6,8-9,13,15-16H,7,10-12H2,1-3H3,(H,20,22)/t15-,16+/m1/s1. The second-order valence-electron chi connectivity index (χ2n) is 6.65. The maximum absolute atomic E-state index is 12.6. The van der Waals surface area contributed by atoms with Crippen molar-refractivity contribution in [1.82, 2.24) is 10.2 Å². The summed E-state index contributed by atoms with van der Waals surface area (Å²) in [6, 6.07) is 7.98. The van der Waals surface area contributed by atoms with Crippen molar-refractivity contribution in [2.75, 3.05) is 13.7 Å². The quantitative estimate of drug-likeness (QED) is 0.784. The van der Waals surface area contributed by atoms with Gasteiger partial charge in [0.2, 0.25) is 5.91 Å². The van der Waals surface area contributed by atoms with Gasteiger partial charge in [-0.15, -0.1) is 0 Å².